The van der Waals surface area contributed by atoms with Gasteiger partial charge in [-0.15, -0.1) is 16.4 Å². The van der Waals surface area contributed by atoms with E-state index in [-0.39, 0.29) is 25.4 Å². The number of benzene rings is 2. The number of hydrogen-bond donors (Lipinski definition) is 3. The maximum absolute atomic E-state index is 13.5. The maximum Gasteiger partial charge on any atom is 0.252 e. The molecule has 13 heteroatoms. The number of aromatic nitrogens is 4. The molecule has 2 aromatic heterocycles. The molecule has 4 bridgehead atoms. The number of carbonyl (C=O) groups is 3. The quantitative estimate of drug-likeness (QED) is 0.311. The fraction of sp³-hybridized carbons (Fsp3) is 0.375. The van der Waals surface area contributed by atoms with E-state index in [4.69, 9.17) is 4.74 Å². The Balaban J connectivity index is 1.32. The Morgan fingerprint density at radius 2 is 1.96 bits per heavy atom. The maximum atomic E-state index is 13.5. The first-order valence-electron chi connectivity index (χ1n) is 14.9. The third-order valence-corrected chi connectivity index (χ3v) is 8.39. The van der Waals surface area contributed by atoms with Crippen molar-refractivity contribution in [1.29, 1.82) is 0 Å². The minimum Gasteiger partial charge on any atom is -0.493 e. The van der Waals surface area contributed by atoms with Crippen molar-refractivity contribution in [1.82, 2.24) is 35.5 Å². The van der Waals surface area contributed by atoms with Gasteiger partial charge in [-0.1, -0.05) is 41.6 Å². The fourth-order valence-corrected chi connectivity index (χ4v) is 5.73. The molecule has 1 aliphatic rings. The van der Waals surface area contributed by atoms with Gasteiger partial charge in [0.2, 0.25) is 11.8 Å². The normalized spacial score (nSPS) is 17.5. The molecule has 3 amide bonds. The highest BCUT2D eigenvalue weighted by atomic mass is 32.1. The smallest absolute Gasteiger partial charge is 0.252 e. The summed E-state index contributed by atoms with van der Waals surface area (Å²) in [6.45, 7) is 5.00. The summed E-state index contributed by atoms with van der Waals surface area (Å²) >= 11 is 1.48. The number of thiazole rings is 1. The third-order valence-electron chi connectivity index (χ3n) is 7.45. The molecule has 3 N–H and O–H groups in total. The number of nitrogens with one attached hydrogen (secondary N) is 2. The van der Waals surface area contributed by atoms with E-state index >= 15 is 0 Å². The molecule has 45 heavy (non-hydrogen) atoms. The summed E-state index contributed by atoms with van der Waals surface area (Å²) in [4.78, 5) is 46.0. The second-order valence-corrected chi connectivity index (χ2v) is 11.8. The van der Waals surface area contributed by atoms with Crippen molar-refractivity contribution >= 4 is 29.1 Å². The number of ether oxygens (including phenoxy) is 1. The van der Waals surface area contributed by atoms with Gasteiger partial charge in [0.05, 0.1) is 30.5 Å². The molecular formula is C32H37N7O5S. The van der Waals surface area contributed by atoms with Crippen LogP contribution in [-0.4, -0.2) is 86.1 Å². The van der Waals surface area contributed by atoms with Crippen molar-refractivity contribution in [2.45, 2.75) is 51.8 Å². The van der Waals surface area contributed by atoms with Crippen LogP contribution in [0.2, 0.25) is 0 Å². The Hall–Kier alpha value is -4.62. The summed E-state index contributed by atoms with van der Waals surface area (Å²) in [5.41, 5.74) is 3.57. The van der Waals surface area contributed by atoms with Gasteiger partial charge in [0.1, 0.15) is 16.8 Å². The van der Waals surface area contributed by atoms with Crippen molar-refractivity contribution in [3.05, 3.63) is 82.6 Å². The number of fused-ring (bicyclic) bond motifs is 4. The minimum absolute atomic E-state index is 0.106. The van der Waals surface area contributed by atoms with Gasteiger partial charge < -0.3 is 25.4 Å². The first kappa shape index (κ1) is 31.8. The molecule has 0 fully saturated rings. The van der Waals surface area contributed by atoms with Crippen molar-refractivity contribution in [2.24, 2.45) is 0 Å². The van der Waals surface area contributed by atoms with E-state index in [1.807, 2.05) is 48.8 Å². The Morgan fingerprint density at radius 1 is 1.13 bits per heavy atom. The van der Waals surface area contributed by atoms with Gasteiger partial charge >= 0.3 is 0 Å². The van der Waals surface area contributed by atoms with Crippen LogP contribution in [0.15, 0.2) is 60.1 Å². The van der Waals surface area contributed by atoms with Crippen LogP contribution in [0.1, 0.15) is 40.7 Å². The fourth-order valence-electron chi connectivity index (χ4n) is 4.90. The Kier molecular flexibility index (Phi) is 10.5. The third kappa shape index (κ3) is 8.52. The highest BCUT2D eigenvalue weighted by Gasteiger charge is 2.27. The molecular weight excluding hydrogens is 594 g/mol. The molecule has 236 valence electrons. The van der Waals surface area contributed by atoms with Crippen LogP contribution in [0.3, 0.4) is 0 Å². The molecule has 1 aliphatic heterocycles. The largest absolute Gasteiger partial charge is 0.493 e. The number of nitrogens with zero attached hydrogens (tertiary/aromatic N) is 5. The van der Waals surface area contributed by atoms with E-state index in [1.165, 1.54) is 18.3 Å². The predicted molar refractivity (Wildman–Crippen MR) is 169 cm³/mol. The lowest BCUT2D eigenvalue weighted by molar-refractivity contribution is -0.131. The molecule has 0 spiro atoms. The molecule has 2 atom stereocenters. The standard InChI is InChI=1S/C32H37N7O5S/c1-21-9-10-24-17-27(21)44-16-6-13-39-19-25(36-37-39)11-14-38(15-12-33-31(43)29(22(2)40)35-30(24)42)28(41)18-26-20-45-32(34-26)23-7-4-3-5-8-23/h3-5,7-10,17,19-20,22,29,40H,6,11-16,18H2,1-2H3,(H,33,43)(H,35,42)/t22-,29+/m1/s1. The highest BCUT2D eigenvalue weighted by Crippen LogP contribution is 2.24. The molecule has 2 aromatic carbocycles. The van der Waals surface area contributed by atoms with Crippen LogP contribution in [-0.2, 0) is 29.0 Å². The number of amides is 3. The highest BCUT2D eigenvalue weighted by molar-refractivity contribution is 7.13. The van der Waals surface area contributed by atoms with E-state index in [0.717, 1.165) is 21.8 Å². The Bertz CT molecular complexity index is 1620. The van der Waals surface area contributed by atoms with Crippen molar-refractivity contribution in [3.8, 4) is 16.3 Å². The van der Waals surface area contributed by atoms with Crippen LogP contribution in [0.25, 0.3) is 10.6 Å². The molecule has 5 rings (SSSR count). The lowest BCUT2D eigenvalue weighted by Crippen LogP contribution is -2.53. The van der Waals surface area contributed by atoms with Gasteiger partial charge in [-0.3, -0.25) is 19.1 Å². The zero-order valence-corrected chi connectivity index (χ0v) is 26.1. The zero-order chi connectivity index (χ0) is 31.8. The summed E-state index contributed by atoms with van der Waals surface area (Å²) in [7, 11) is 0. The van der Waals surface area contributed by atoms with Crippen molar-refractivity contribution in [3.63, 3.8) is 0 Å². The molecule has 12 nitrogen and oxygen atoms in total. The number of hydrogen-bond acceptors (Lipinski definition) is 9. The van der Waals surface area contributed by atoms with Crippen LogP contribution in [0.4, 0.5) is 0 Å². The molecule has 0 saturated heterocycles. The second-order valence-electron chi connectivity index (χ2n) is 11.0. The summed E-state index contributed by atoms with van der Waals surface area (Å²) in [6.07, 6.45) is 1.94. The summed E-state index contributed by atoms with van der Waals surface area (Å²) in [5.74, 6) is -0.649. The van der Waals surface area contributed by atoms with E-state index in [0.29, 0.717) is 49.5 Å². The summed E-state index contributed by atoms with van der Waals surface area (Å²) < 4.78 is 7.70. The van der Waals surface area contributed by atoms with E-state index in [2.05, 4.69) is 25.9 Å². The lowest BCUT2D eigenvalue weighted by atomic mass is 10.1. The number of aliphatic hydroxyl groups excluding tert-OH is 1. The number of aryl methyl sites for hydroxylation is 2. The molecule has 4 aromatic rings. The van der Waals surface area contributed by atoms with Gasteiger partial charge in [0.15, 0.2) is 0 Å². The SMILES string of the molecule is Cc1ccc2cc1OCCCn1cc(nn1)CCN(C(=O)Cc1csc(-c3ccccc3)n1)CCNC(=O)[C@H]([C@@H](C)O)NC2=O. The van der Waals surface area contributed by atoms with Gasteiger partial charge in [-0.2, -0.15) is 0 Å². The van der Waals surface area contributed by atoms with Gasteiger partial charge in [0.25, 0.3) is 5.91 Å². The topological polar surface area (TPSA) is 152 Å². The van der Waals surface area contributed by atoms with E-state index in [9.17, 15) is 19.5 Å². The van der Waals surface area contributed by atoms with Crippen molar-refractivity contribution in [2.75, 3.05) is 26.2 Å². The molecule has 0 radical (unpaired) electrons. The monoisotopic (exact) mass is 631 g/mol. The minimum atomic E-state index is -1.20. The number of carbonyl (C=O) groups excluding carboxylic acids is 3. The molecule has 0 aliphatic carbocycles. The van der Waals surface area contributed by atoms with E-state index in [1.54, 1.807) is 27.8 Å². The molecule has 0 saturated carbocycles. The first-order valence-corrected chi connectivity index (χ1v) is 15.8. The number of rotatable bonds is 4. The van der Waals surface area contributed by atoms with Gasteiger partial charge in [-0.05, 0) is 31.5 Å². The molecule has 3 heterocycles. The first-order chi connectivity index (χ1) is 21.8. The second kappa shape index (κ2) is 14.9. The van der Waals surface area contributed by atoms with E-state index < -0.39 is 24.0 Å². The molecule has 0 unspecified atom stereocenters. The Labute approximate surface area is 265 Å². The zero-order valence-electron chi connectivity index (χ0n) is 25.3. The summed E-state index contributed by atoms with van der Waals surface area (Å²) in [5, 5.41) is 27.0. The van der Waals surface area contributed by atoms with Crippen molar-refractivity contribution < 1.29 is 24.2 Å². The van der Waals surface area contributed by atoms with Gasteiger partial charge in [0, 0.05) is 61.7 Å². The Morgan fingerprint density at radius 3 is 2.76 bits per heavy atom. The van der Waals surface area contributed by atoms with Gasteiger partial charge in [-0.25, -0.2) is 4.98 Å². The predicted octanol–water partition coefficient (Wildman–Crippen LogP) is 2.40. The van der Waals surface area contributed by atoms with Crippen LogP contribution in [0, 0.1) is 6.92 Å². The average molecular weight is 632 g/mol. The lowest BCUT2D eigenvalue weighted by Gasteiger charge is -2.24. The van der Waals surface area contributed by atoms with Crippen LogP contribution >= 0.6 is 11.3 Å². The van der Waals surface area contributed by atoms with Crippen LogP contribution in [0.5, 0.6) is 5.75 Å². The number of aliphatic hydroxyl groups is 1. The summed E-state index contributed by atoms with van der Waals surface area (Å²) in [6, 6.07) is 13.6. The van der Waals surface area contributed by atoms with Crippen LogP contribution < -0.4 is 15.4 Å². The average Bonchev–Trinajstić information content (AvgIpc) is 3.69.